The molecule has 0 fully saturated rings. The van der Waals surface area contributed by atoms with E-state index < -0.39 is 16.4 Å². The van der Waals surface area contributed by atoms with Gasteiger partial charge >= 0.3 is 0 Å². The number of aromatic nitrogens is 1. The summed E-state index contributed by atoms with van der Waals surface area (Å²) in [6.07, 6.45) is 3.05. The molecule has 0 bridgehead atoms. The van der Waals surface area contributed by atoms with Crippen molar-refractivity contribution in [2.45, 2.75) is 0 Å². The molecular formula is C8H7N3O4. The van der Waals surface area contributed by atoms with E-state index in [1.807, 2.05) is 0 Å². The van der Waals surface area contributed by atoms with Crippen molar-refractivity contribution in [2.75, 3.05) is 0 Å². The van der Waals surface area contributed by atoms with Crippen molar-refractivity contribution in [3.63, 3.8) is 0 Å². The van der Waals surface area contributed by atoms with Crippen LogP contribution in [0.15, 0.2) is 23.1 Å². The zero-order valence-electron chi connectivity index (χ0n) is 7.47. The van der Waals surface area contributed by atoms with Crippen LogP contribution in [0.2, 0.25) is 0 Å². The lowest BCUT2D eigenvalue weighted by Crippen LogP contribution is -2.10. The summed E-state index contributed by atoms with van der Waals surface area (Å²) in [5.74, 6) is -0.735. The normalized spacial score (nSPS) is 10.4. The molecule has 1 amide bonds. The van der Waals surface area contributed by atoms with Crippen molar-refractivity contribution in [1.29, 1.82) is 0 Å². The average Bonchev–Trinajstić information content (AvgIpc) is 2.16. The molecule has 7 nitrogen and oxygen atoms in total. The van der Waals surface area contributed by atoms with E-state index in [2.05, 4.69) is 4.98 Å². The summed E-state index contributed by atoms with van der Waals surface area (Å²) >= 11 is 0. The predicted molar refractivity (Wildman–Crippen MR) is 51.9 cm³/mol. The van der Waals surface area contributed by atoms with Crippen molar-refractivity contribution in [3.8, 4) is 0 Å². The largest absolute Gasteiger partial charge is 0.366 e. The number of primary amides is 1. The van der Waals surface area contributed by atoms with E-state index in [0.717, 1.165) is 24.4 Å². The minimum Gasteiger partial charge on any atom is -0.366 e. The number of nitrogens with one attached hydrogen (secondary N) is 1. The second-order valence-electron chi connectivity index (χ2n) is 2.64. The number of nitrogens with zero attached hydrogens (tertiary/aromatic N) is 1. The van der Waals surface area contributed by atoms with E-state index in [4.69, 9.17) is 5.73 Å². The van der Waals surface area contributed by atoms with Gasteiger partial charge in [-0.2, -0.15) is 0 Å². The van der Waals surface area contributed by atoms with Crippen LogP contribution in [-0.4, -0.2) is 15.8 Å². The molecule has 1 aromatic heterocycles. The van der Waals surface area contributed by atoms with Gasteiger partial charge in [0, 0.05) is 17.7 Å². The van der Waals surface area contributed by atoms with E-state index in [1.165, 1.54) is 0 Å². The second-order valence-corrected chi connectivity index (χ2v) is 2.64. The van der Waals surface area contributed by atoms with Gasteiger partial charge in [0.2, 0.25) is 5.91 Å². The summed E-state index contributed by atoms with van der Waals surface area (Å²) in [7, 11) is 0. The summed E-state index contributed by atoms with van der Waals surface area (Å²) in [6.45, 7) is 0. The van der Waals surface area contributed by atoms with Gasteiger partial charge in [-0.1, -0.05) is 0 Å². The van der Waals surface area contributed by atoms with Crippen LogP contribution >= 0.6 is 0 Å². The molecule has 3 N–H and O–H groups in total. The highest BCUT2D eigenvalue weighted by molar-refractivity contribution is 5.90. The van der Waals surface area contributed by atoms with Gasteiger partial charge in [-0.05, 0) is 6.08 Å². The molecule has 15 heavy (non-hydrogen) atoms. The Labute approximate surface area is 83.4 Å². The van der Waals surface area contributed by atoms with Crippen LogP contribution in [0.1, 0.15) is 5.56 Å². The summed E-state index contributed by atoms with van der Waals surface area (Å²) in [6, 6.07) is 1.05. The predicted octanol–water partition coefficient (Wildman–Crippen LogP) is -0.218. The molecule has 1 heterocycles. The smallest absolute Gasteiger partial charge is 0.286 e. The Morgan fingerprint density at radius 1 is 1.60 bits per heavy atom. The van der Waals surface area contributed by atoms with E-state index in [1.54, 1.807) is 0 Å². The molecule has 0 aliphatic carbocycles. The van der Waals surface area contributed by atoms with E-state index in [9.17, 15) is 19.7 Å². The second kappa shape index (κ2) is 4.18. The molecule has 0 spiro atoms. The van der Waals surface area contributed by atoms with Crippen LogP contribution in [0.3, 0.4) is 0 Å². The van der Waals surface area contributed by atoms with Gasteiger partial charge in [-0.15, -0.1) is 0 Å². The van der Waals surface area contributed by atoms with E-state index in [-0.39, 0.29) is 11.3 Å². The maximum atomic E-state index is 11.1. The molecule has 0 atom stereocenters. The van der Waals surface area contributed by atoms with Crippen LogP contribution < -0.4 is 11.3 Å². The Morgan fingerprint density at radius 3 is 2.80 bits per heavy atom. The van der Waals surface area contributed by atoms with Gasteiger partial charge in [0.25, 0.3) is 11.2 Å². The van der Waals surface area contributed by atoms with Gasteiger partial charge in [0.15, 0.2) is 0 Å². The Bertz CT molecular complexity index is 489. The van der Waals surface area contributed by atoms with Gasteiger partial charge in [0.05, 0.1) is 11.1 Å². The van der Waals surface area contributed by atoms with Crippen molar-refractivity contribution in [2.24, 2.45) is 5.73 Å². The standard InChI is InChI=1S/C8H7N3O4/c9-7(12)2-1-5-3-6(11(14)15)4-10-8(5)13/h1-4H,(H2,9,12)(H,10,13). The zero-order valence-corrected chi connectivity index (χ0v) is 7.47. The SMILES string of the molecule is NC(=O)C=Cc1cc([N+](=O)[O-])c[nH]c1=O. The number of hydrogen-bond acceptors (Lipinski definition) is 4. The third kappa shape index (κ3) is 2.76. The molecule has 1 aromatic rings. The number of carbonyl (C=O) groups excluding carboxylic acids is 1. The molecule has 1 rings (SSSR count). The van der Waals surface area contributed by atoms with Crippen LogP contribution in [0.25, 0.3) is 6.08 Å². The minimum absolute atomic E-state index is 0.00278. The number of carbonyl (C=O) groups is 1. The van der Waals surface area contributed by atoms with Crippen LogP contribution in [0, 0.1) is 10.1 Å². The third-order valence-corrected chi connectivity index (χ3v) is 1.55. The first-order valence-electron chi connectivity index (χ1n) is 3.85. The van der Waals surface area contributed by atoms with Gasteiger partial charge in [-0.3, -0.25) is 19.7 Å². The minimum atomic E-state index is -0.735. The Kier molecular flexibility index (Phi) is 2.97. The number of amides is 1. The number of H-pyrrole nitrogens is 1. The maximum absolute atomic E-state index is 11.1. The van der Waals surface area contributed by atoms with Crippen molar-refractivity contribution >= 4 is 17.7 Å². The fourth-order valence-electron chi connectivity index (χ4n) is 0.890. The molecule has 0 aliphatic heterocycles. The molecule has 0 saturated heterocycles. The third-order valence-electron chi connectivity index (χ3n) is 1.55. The Balaban J connectivity index is 3.17. The Hall–Kier alpha value is -2.44. The molecule has 0 radical (unpaired) electrons. The number of hydrogen-bond donors (Lipinski definition) is 2. The maximum Gasteiger partial charge on any atom is 0.286 e. The topological polar surface area (TPSA) is 119 Å². The highest BCUT2D eigenvalue weighted by atomic mass is 16.6. The number of nitro groups is 1. The summed E-state index contributed by atoms with van der Waals surface area (Å²) < 4.78 is 0. The fraction of sp³-hybridized carbons (Fsp3) is 0. The molecule has 0 unspecified atom stereocenters. The van der Waals surface area contributed by atoms with Crippen LogP contribution in [0.4, 0.5) is 5.69 Å². The zero-order chi connectivity index (χ0) is 11.4. The summed E-state index contributed by atoms with van der Waals surface area (Å²) in [5.41, 5.74) is 4.02. The lowest BCUT2D eigenvalue weighted by Gasteiger charge is -1.92. The number of nitrogens with two attached hydrogens (primary N) is 1. The first-order valence-corrected chi connectivity index (χ1v) is 3.85. The molecule has 0 saturated carbocycles. The van der Waals surface area contributed by atoms with Crippen LogP contribution in [0.5, 0.6) is 0 Å². The quantitative estimate of drug-likeness (QED) is 0.406. The lowest BCUT2D eigenvalue weighted by atomic mass is 10.2. The highest BCUT2D eigenvalue weighted by Gasteiger charge is 2.07. The first-order chi connectivity index (χ1) is 7.00. The van der Waals surface area contributed by atoms with Crippen molar-refractivity contribution < 1.29 is 9.72 Å². The molecular weight excluding hydrogens is 202 g/mol. The van der Waals surface area contributed by atoms with Crippen LogP contribution in [-0.2, 0) is 4.79 Å². The van der Waals surface area contributed by atoms with E-state index >= 15 is 0 Å². The van der Waals surface area contributed by atoms with Crippen molar-refractivity contribution in [3.05, 3.63) is 44.4 Å². The van der Waals surface area contributed by atoms with Gasteiger partial charge in [-0.25, -0.2) is 0 Å². The molecule has 0 aliphatic rings. The van der Waals surface area contributed by atoms with Gasteiger partial charge in [0.1, 0.15) is 0 Å². The Morgan fingerprint density at radius 2 is 2.27 bits per heavy atom. The average molecular weight is 209 g/mol. The van der Waals surface area contributed by atoms with Gasteiger partial charge < -0.3 is 10.7 Å². The first kappa shape index (κ1) is 10.6. The monoisotopic (exact) mass is 209 g/mol. The molecule has 0 aromatic carbocycles. The summed E-state index contributed by atoms with van der Waals surface area (Å²) in [4.78, 5) is 33.4. The van der Waals surface area contributed by atoms with Crippen molar-refractivity contribution in [1.82, 2.24) is 4.98 Å². The fourth-order valence-corrected chi connectivity index (χ4v) is 0.890. The lowest BCUT2D eigenvalue weighted by molar-refractivity contribution is -0.385. The highest BCUT2D eigenvalue weighted by Crippen LogP contribution is 2.08. The number of pyridine rings is 1. The summed E-state index contributed by atoms with van der Waals surface area (Å²) in [5, 5.41) is 10.4. The number of rotatable bonds is 3. The molecule has 78 valence electrons. The number of aromatic amines is 1. The van der Waals surface area contributed by atoms with E-state index in [0.29, 0.717) is 0 Å². The molecule has 7 heteroatoms.